The first-order valence-electron chi connectivity index (χ1n) is 15.0. The monoisotopic (exact) mass is 488 g/mol. The van der Waals surface area contributed by atoms with E-state index in [2.05, 4.69) is 31.8 Å². The second-order valence-corrected chi connectivity index (χ2v) is 10.2. The number of carboxylic acids is 1. The normalized spacial score (nSPS) is 11.9. The molecule has 0 spiro atoms. The van der Waals surface area contributed by atoms with Crippen LogP contribution in [0.4, 0.5) is 0 Å². The van der Waals surface area contributed by atoms with Crippen molar-refractivity contribution in [3.05, 3.63) is 12.2 Å². The van der Waals surface area contributed by atoms with Gasteiger partial charge >= 0.3 is 5.97 Å². The average molecular weight is 489 g/mol. The second kappa shape index (κ2) is 27.0. The van der Waals surface area contributed by atoms with E-state index in [9.17, 15) is 9.59 Å². The summed E-state index contributed by atoms with van der Waals surface area (Å²) >= 11 is 0. The minimum atomic E-state index is -1.04. The number of allylic oxidation sites excluding steroid dienone is 2. The quantitative estimate of drug-likeness (QED) is 0.0790. The number of carbonyl (C=O) groups excluding carboxylic acids is 1. The Kier molecular flexibility index (Phi) is 25.8. The molecular formula is C32H56O3. The fraction of sp³-hybridized carbons (Fsp3) is 0.812. The number of hydrogen-bond donors (Lipinski definition) is 1. The molecule has 0 aliphatic rings. The van der Waals surface area contributed by atoms with Gasteiger partial charge in [0.1, 0.15) is 0 Å². The van der Waals surface area contributed by atoms with Crippen LogP contribution < -0.4 is 0 Å². The molecule has 0 fully saturated rings. The molecule has 1 N–H and O–H groups in total. The summed E-state index contributed by atoms with van der Waals surface area (Å²) in [7, 11) is 0. The molecule has 1 atom stereocenters. The van der Waals surface area contributed by atoms with Gasteiger partial charge < -0.3 is 5.11 Å². The average Bonchev–Trinajstić information content (AvgIpc) is 2.84. The summed E-state index contributed by atoms with van der Waals surface area (Å²) in [5.74, 6) is 4.34. The number of ketones is 1. The van der Waals surface area contributed by atoms with Crippen molar-refractivity contribution >= 4 is 11.8 Å². The van der Waals surface area contributed by atoms with E-state index in [-0.39, 0.29) is 5.92 Å². The van der Waals surface area contributed by atoms with Crippen molar-refractivity contribution in [2.45, 2.75) is 162 Å². The van der Waals surface area contributed by atoms with Gasteiger partial charge in [-0.25, -0.2) is 4.79 Å². The van der Waals surface area contributed by atoms with Crippen LogP contribution in [0.3, 0.4) is 0 Å². The Bertz CT molecular complexity index is 581. The number of unbranched alkanes of at least 4 members (excludes halogenated alkanes) is 18. The van der Waals surface area contributed by atoms with Gasteiger partial charge in [0.05, 0.1) is 0 Å². The first-order valence-corrected chi connectivity index (χ1v) is 15.0. The maximum absolute atomic E-state index is 12.8. The van der Waals surface area contributed by atoms with Crippen LogP contribution in [0.5, 0.6) is 0 Å². The molecule has 0 rings (SSSR count). The third kappa shape index (κ3) is 25.3. The van der Waals surface area contributed by atoms with Crippen LogP contribution in [0.15, 0.2) is 12.2 Å². The van der Waals surface area contributed by atoms with E-state index in [0.717, 1.165) is 57.8 Å². The molecule has 0 aromatic rings. The van der Waals surface area contributed by atoms with Crippen LogP contribution in [0, 0.1) is 17.8 Å². The van der Waals surface area contributed by atoms with Crippen LogP contribution in [0.25, 0.3) is 0 Å². The molecule has 0 saturated heterocycles. The summed E-state index contributed by atoms with van der Waals surface area (Å²) in [5, 5.41) is 8.51. The fourth-order valence-electron chi connectivity index (χ4n) is 4.60. The van der Waals surface area contributed by atoms with Crippen molar-refractivity contribution in [1.29, 1.82) is 0 Å². The zero-order valence-electron chi connectivity index (χ0n) is 23.3. The number of carboxylic acid groups (broad SMARTS) is 1. The zero-order valence-corrected chi connectivity index (χ0v) is 23.3. The van der Waals surface area contributed by atoms with E-state index >= 15 is 0 Å². The van der Waals surface area contributed by atoms with Crippen molar-refractivity contribution in [3.8, 4) is 11.8 Å². The molecule has 0 aromatic heterocycles. The smallest absolute Gasteiger partial charge is 0.381 e. The largest absolute Gasteiger partial charge is 0.472 e. The number of rotatable bonds is 25. The summed E-state index contributed by atoms with van der Waals surface area (Å²) in [6.07, 6.45) is 31.7. The molecule has 0 saturated carbocycles. The fourth-order valence-corrected chi connectivity index (χ4v) is 4.60. The molecule has 0 amide bonds. The molecule has 202 valence electrons. The van der Waals surface area contributed by atoms with Gasteiger partial charge in [-0.05, 0) is 38.2 Å². The number of hydrogen-bond acceptors (Lipinski definition) is 2. The Morgan fingerprint density at radius 1 is 0.657 bits per heavy atom. The Labute approximate surface area is 217 Å². The van der Waals surface area contributed by atoms with Crippen molar-refractivity contribution in [2.75, 3.05) is 0 Å². The molecule has 0 aliphatic heterocycles. The van der Waals surface area contributed by atoms with Gasteiger partial charge in [-0.2, -0.15) is 0 Å². The summed E-state index contributed by atoms with van der Waals surface area (Å²) in [5.41, 5.74) is 0. The molecule has 1 unspecified atom stereocenters. The SMILES string of the molecule is CCCCCCCCCCCCCC=CC(=O)C(CCCCC)CCCCCCCC#CC(=O)O. The third-order valence-electron chi connectivity index (χ3n) is 6.86. The maximum atomic E-state index is 12.8. The number of aliphatic carboxylic acids is 1. The Morgan fingerprint density at radius 2 is 1.11 bits per heavy atom. The summed E-state index contributed by atoms with van der Waals surface area (Å²) in [6.45, 7) is 4.49. The van der Waals surface area contributed by atoms with Gasteiger partial charge in [0.2, 0.25) is 0 Å². The topological polar surface area (TPSA) is 54.4 Å². The van der Waals surface area contributed by atoms with Gasteiger partial charge in [-0.15, -0.1) is 0 Å². The lowest BCUT2D eigenvalue weighted by Gasteiger charge is -2.14. The third-order valence-corrected chi connectivity index (χ3v) is 6.86. The van der Waals surface area contributed by atoms with E-state index in [1.54, 1.807) is 0 Å². The highest BCUT2D eigenvalue weighted by Crippen LogP contribution is 2.20. The first-order chi connectivity index (χ1) is 17.1. The van der Waals surface area contributed by atoms with Gasteiger partial charge in [-0.3, -0.25) is 4.79 Å². The lowest BCUT2D eigenvalue weighted by Crippen LogP contribution is -2.12. The molecule has 0 aliphatic carbocycles. The van der Waals surface area contributed by atoms with Crippen LogP contribution >= 0.6 is 0 Å². The molecule has 3 heteroatoms. The molecule has 3 nitrogen and oxygen atoms in total. The van der Waals surface area contributed by atoms with E-state index in [1.165, 1.54) is 83.5 Å². The highest BCUT2D eigenvalue weighted by Gasteiger charge is 2.15. The van der Waals surface area contributed by atoms with Gasteiger partial charge in [-0.1, -0.05) is 135 Å². The maximum Gasteiger partial charge on any atom is 0.381 e. The predicted octanol–water partition coefficient (Wildman–Crippen LogP) is 9.83. The Hall–Kier alpha value is -1.56. The van der Waals surface area contributed by atoms with Crippen molar-refractivity contribution in [1.82, 2.24) is 0 Å². The van der Waals surface area contributed by atoms with Crippen LogP contribution in [0.1, 0.15) is 162 Å². The van der Waals surface area contributed by atoms with Gasteiger partial charge in [0, 0.05) is 18.3 Å². The Morgan fingerprint density at radius 3 is 1.69 bits per heavy atom. The minimum absolute atomic E-state index is 0.191. The van der Waals surface area contributed by atoms with Crippen molar-refractivity contribution in [3.63, 3.8) is 0 Å². The van der Waals surface area contributed by atoms with Gasteiger partial charge in [0.15, 0.2) is 5.78 Å². The first kappa shape index (κ1) is 33.4. The van der Waals surface area contributed by atoms with E-state index in [1.807, 2.05) is 6.08 Å². The van der Waals surface area contributed by atoms with Gasteiger partial charge in [0.25, 0.3) is 0 Å². The molecule has 0 bridgehead atoms. The molecular weight excluding hydrogens is 432 g/mol. The lowest BCUT2D eigenvalue weighted by atomic mass is 9.90. The molecule has 0 aromatic carbocycles. The zero-order chi connectivity index (χ0) is 25.8. The summed E-state index contributed by atoms with van der Waals surface area (Å²) in [6, 6.07) is 0. The van der Waals surface area contributed by atoms with Crippen LogP contribution in [-0.4, -0.2) is 16.9 Å². The molecule has 35 heavy (non-hydrogen) atoms. The van der Waals surface area contributed by atoms with E-state index in [4.69, 9.17) is 5.11 Å². The molecule has 0 heterocycles. The van der Waals surface area contributed by atoms with E-state index in [0.29, 0.717) is 12.2 Å². The van der Waals surface area contributed by atoms with Crippen molar-refractivity contribution in [2.24, 2.45) is 5.92 Å². The van der Waals surface area contributed by atoms with Crippen LogP contribution in [0.2, 0.25) is 0 Å². The van der Waals surface area contributed by atoms with Crippen molar-refractivity contribution < 1.29 is 14.7 Å². The van der Waals surface area contributed by atoms with E-state index < -0.39 is 5.97 Å². The predicted molar refractivity (Wildman–Crippen MR) is 151 cm³/mol. The van der Waals surface area contributed by atoms with Crippen LogP contribution in [-0.2, 0) is 9.59 Å². The Balaban J connectivity index is 3.93. The highest BCUT2D eigenvalue weighted by atomic mass is 16.4. The number of carbonyl (C=O) groups is 2. The summed E-state index contributed by atoms with van der Waals surface area (Å²) in [4.78, 5) is 23.2. The molecule has 0 radical (unpaired) electrons. The standard InChI is InChI=1S/C32H56O3/c1-3-5-7-8-9-10-11-12-13-14-17-20-24-28-31(33)30(26-22-6-4-2)27-23-19-16-15-18-21-25-29-32(34)35/h24,28,30H,3-23,26-27H2,1-2H3,(H,34,35). The lowest BCUT2D eigenvalue weighted by molar-refractivity contribution is -0.130. The highest BCUT2D eigenvalue weighted by molar-refractivity contribution is 5.91. The summed E-state index contributed by atoms with van der Waals surface area (Å²) < 4.78 is 0. The minimum Gasteiger partial charge on any atom is -0.472 e. The second-order valence-electron chi connectivity index (χ2n) is 10.2.